The summed E-state index contributed by atoms with van der Waals surface area (Å²) < 4.78 is 19.7. The number of nitrogens with zero attached hydrogens (tertiary/aromatic N) is 2. The fraction of sp³-hybridized carbons (Fsp3) is 0.250. The molecule has 0 aliphatic carbocycles. The van der Waals surface area contributed by atoms with Crippen molar-refractivity contribution in [2.24, 2.45) is 4.99 Å². The van der Waals surface area contributed by atoms with E-state index >= 15 is 0 Å². The number of halogens is 1. The Balaban J connectivity index is 1.99. The molecule has 0 fully saturated rings. The van der Waals surface area contributed by atoms with E-state index in [1.165, 1.54) is 13.0 Å². The standard InChI is InChI=1S/C20H17FN2O3/c1-11-10-13-6-5-8-15-17(14-7-3-4-9-16(14)21)22-19(26-12(2)24)20(25)23(11)18(13)15/h3-9,11,19H,10H2,1-2H3. The van der Waals surface area contributed by atoms with Crippen molar-refractivity contribution in [2.45, 2.75) is 32.5 Å². The lowest BCUT2D eigenvalue weighted by Crippen LogP contribution is -2.43. The molecule has 2 aliphatic rings. The number of hydrogen-bond acceptors (Lipinski definition) is 4. The minimum Gasteiger partial charge on any atom is -0.430 e. The Morgan fingerprint density at radius 3 is 2.65 bits per heavy atom. The SMILES string of the molecule is CC(=O)OC1N=C(c2ccccc2F)c2cccc3c2N(C1=O)C(C)C3. The largest absolute Gasteiger partial charge is 0.430 e. The summed E-state index contributed by atoms with van der Waals surface area (Å²) in [7, 11) is 0. The summed E-state index contributed by atoms with van der Waals surface area (Å²) in [6, 6.07) is 11.8. The first-order valence-corrected chi connectivity index (χ1v) is 8.42. The molecule has 1 amide bonds. The molecule has 0 spiro atoms. The molecule has 5 nitrogen and oxygen atoms in total. The number of anilines is 1. The van der Waals surface area contributed by atoms with Gasteiger partial charge in [-0.2, -0.15) is 0 Å². The summed E-state index contributed by atoms with van der Waals surface area (Å²) in [5.74, 6) is -1.47. The average Bonchev–Trinajstić information content (AvgIpc) is 2.88. The second-order valence-corrected chi connectivity index (χ2v) is 6.49. The van der Waals surface area contributed by atoms with Crippen LogP contribution in [0.3, 0.4) is 0 Å². The van der Waals surface area contributed by atoms with Gasteiger partial charge >= 0.3 is 5.97 Å². The molecule has 0 N–H and O–H groups in total. The lowest BCUT2D eigenvalue weighted by atomic mass is 9.97. The van der Waals surface area contributed by atoms with Crippen LogP contribution in [0.2, 0.25) is 0 Å². The number of ether oxygens (including phenoxy) is 1. The molecule has 2 unspecified atom stereocenters. The molecule has 0 radical (unpaired) electrons. The highest BCUT2D eigenvalue weighted by Gasteiger charge is 2.41. The van der Waals surface area contributed by atoms with Gasteiger partial charge in [0.25, 0.3) is 12.1 Å². The summed E-state index contributed by atoms with van der Waals surface area (Å²) in [5.41, 5.74) is 2.97. The zero-order valence-corrected chi connectivity index (χ0v) is 14.4. The van der Waals surface area contributed by atoms with Crippen LogP contribution in [0.5, 0.6) is 0 Å². The summed E-state index contributed by atoms with van der Waals surface area (Å²) >= 11 is 0. The van der Waals surface area contributed by atoms with Crippen molar-refractivity contribution < 1.29 is 18.7 Å². The number of rotatable bonds is 2. The third-order valence-electron chi connectivity index (χ3n) is 4.67. The highest BCUT2D eigenvalue weighted by Crippen LogP contribution is 2.39. The Morgan fingerprint density at radius 1 is 1.19 bits per heavy atom. The maximum atomic E-state index is 14.5. The average molecular weight is 352 g/mol. The van der Waals surface area contributed by atoms with Gasteiger partial charge in [0.15, 0.2) is 0 Å². The minimum absolute atomic E-state index is 0.0909. The number of aliphatic imine (C=N–C) groups is 1. The molecule has 2 aromatic rings. The summed E-state index contributed by atoms with van der Waals surface area (Å²) in [5, 5.41) is 0. The maximum absolute atomic E-state index is 14.5. The first-order chi connectivity index (χ1) is 12.5. The Morgan fingerprint density at radius 2 is 1.92 bits per heavy atom. The topological polar surface area (TPSA) is 59.0 Å². The monoisotopic (exact) mass is 352 g/mol. The van der Waals surface area contributed by atoms with Crippen molar-refractivity contribution in [3.8, 4) is 0 Å². The molecular weight excluding hydrogens is 335 g/mol. The zero-order chi connectivity index (χ0) is 18.4. The molecule has 6 heteroatoms. The van der Waals surface area contributed by atoms with Crippen LogP contribution < -0.4 is 4.90 Å². The number of carbonyl (C=O) groups excluding carboxylic acids is 2. The molecule has 4 rings (SSSR count). The molecule has 26 heavy (non-hydrogen) atoms. The van der Waals surface area contributed by atoms with Gasteiger partial charge < -0.3 is 9.64 Å². The molecular formula is C20H17FN2O3. The molecule has 0 saturated carbocycles. The Kier molecular flexibility index (Phi) is 3.83. The second kappa shape index (κ2) is 6.05. The van der Waals surface area contributed by atoms with Gasteiger partial charge in [0.2, 0.25) is 0 Å². The summed E-state index contributed by atoms with van der Waals surface area (Å²) in [6.45, 7) is 3.16. The van der Waals surface area contributed by atoms with E-state index in [4.69, 9.17) is 4.74 Å². The van der Waals surface area contributed by atoms with E-state index in [1.807, 2.05) is 25.1 Å². The third kappa shape index (κ3) is 2.49. The van der Waals surface area contributed by atoms with Crippen molar-refractivity contribution in [1.82, 2.24) is 0 Å². The molecule has 2 atom stereocenters. The predicted molar refractivity (Wildman–Crippen MR) is 94.7 cm³/mol. The first-order valence-electron chi connectivity index (χ1n) is 8.42. The number of hydrogen-bond donors (Lipinski definition) is 0. The van der Waals surface area contributed by atoms with Gasteiger partial charge in [0.1, 0.15) is 5.82 Å². The van der Waals surface area contributed by atoms with E-state index in [0.29, 0.717) is 17.7 Å². The maximum Gasteiger partial charge on any atom is 0.305 e. The molecule has 0 saturated heterocycles. The smallest absolute Gasteiger partial charge is 0.305 e. The van der Waals surface area contributed by atoms with Crippen LogP contribution in [-0.4, -0.2) is 29.9 Å². The fourth-order valence-electron chi connectivity index (χ4n) is 3.65. The summed E-state index contributed by atoms with van der Waals surface area (Å²) in [6.07, 6.45) is -0.644. The van der Waals surface area contributed by atoms with Crippen molar-refractivity contribution in [2.75, 3.05) is 4.90 Å². The van der Waals surface area contributed by atoms with E-state index in [-0.39, 0.29) is 11.6 Å². The third-order valence-corrected chi connectivity index (χ3v) is 4.67. The van der Waals surface area contributed by atoms with Crippen molar-refractivity contribution in [1.29, 1.82) is 0 Å². The van der Waals surface area contributed by atoms with Crippen LogP contribution in [0, 0.1) is 5.82 Å². The van der Waals surface area contributed by atoms with Crippen LogP contribution in [0.1, 0.15) is 30.5 Å². The van der Waals surface area contributed by atoms with E-state index in [9.17, 15) is 14.0 Å². The van der Waals surface area contributed by atoms with Gasteiger partial charge in [-0.15, -0.1) is 0 Å². The fourth-order valence-corrected chi connectivity index (χ4v) is 3.65. The Labute approximate surface area is 150 Å². The zero-order valence-electron chi connectivity index (χ0n) is 14.4. The number of carbonyl (C=O) groups is 2. The minimum atomic E-state index is -1.33. The van der Waals surface area contributed by atoms with Gasteiger partial charge in [-0.1, -0.05) is 30.3 Å². The van der Waals surface area contributed by atoms with Gasteiger partial charge in [0.05, 0.1) is 11.4 Å². The van der Waals surface area contributed by atoms with E-state index in [1.54, 1.807) is 23.1 Å². The first kappa shape index (κ1) is 16.4. The van der Waals surface area contributed by atoms with Gasteiger partial charge in [-0.3, -0.25) is 9.59 Å². The molecule has 0 aromatic heterocycles. The summed E-state index contributed by atoms with van der Waals surface area (Å²) in [4.78, 5) is 30.5. The Bertz CT molecular complexity index is 954. The highest BCUT2D eigenvalue weighted by molar-refractivity contribution is 6.21. The van der Waals surface area contributed by atoms with Crippen molar-refractivity contribution in [3.05, 3.63) is 65.0 Å². The molecule has 2 heterocycles. The van der Waals surface area contributed by atoms with Gasteiger partial charge in [0, 0.05) is 24.1 Å². The molecule has 132 valence electrons. The highest BCUT2D eigenvalue weighted by atomic mass is 19.1. The van der Waals surface area contributed by atoms with Crippen LogP contribution in [0.4, 0.5) is 10.1 Å². The van der Waals surface area contributed by atoms with Crippen LogP contribution in [-0.2, 0) is 20.7 Å². The molecule has 2 aliphatic heterocycles. The lowest BCUT2D eigenvalue weighted by molar-refractivity contribution is -0.152. The number of esters is 1. The van der Waals surface area contributed by atoms with Crippen molar-refractivity contribution in [3.63, 3.8) is 0 Å². The van der Waals surface area contributed by atoms with Gasteiger partial charge in [-0.25, -0.2) is 9.38 Å². The van der Waals surface area contributed by atoms with Crippen molar-refractivity contribution >= 4 is 23.3 Å². The van der Waals surface area contributed by atoms with E-state index in [0.717, 1.165) is 11.3 Å². The number of para-hydroxylation sites is 1. The van der Waals surface area contributed by atoms with Crippen LogP contribution in [0.15, 0.2) is 47.5 Å². The van der Waals surface area contributed by atoms with E-state index < -0.39 is 23.9 Å². The lowest BCUT2D eigenvalue weighted by Gasteiger charge is -2.24. The van der Waals surface area contributed by atoms with Crippen LogP contribution in [0.25, 0.3) is 0 Å². The molecule has 0 bridgehead atoms. The predicted octanol–water partition coefficient (Wildman–Crippen LogP) is 2.84. The van der Waals surface area contributed by atoms with Gasteiger partial charge in [-0.05, 0) is 31.0 Å². The second-order valence-electron chi connectivity index (χ2n) is 6.49. The normalized spacial score (nSPS) is 21.1. The molecule has 2 aromatic carbocycles. The quantitative estimate of drug-likeness (QED) is 0.781. The van der Waals surface area contributed by atoms with Crippen LogP contribution >= 0.6 is 0 Å². The number of benzene rings is 2. The van der Waals surface area contributed by atoms with E-state index in [2.05, 4.69) is 4.99 Å². The number of amides is 1. The Hall–Kier alpha value is -3.02.